The molecule has 1 saturated heterocycles. The van der Waals surface area contributed by atoms with Crippen LogP contribution in [0.1, 0.15) is 22.3 Å². The first kappa shape index (κ1) is 18.6. The number of fused-ring (bicyclic) bond motifs is 1. The highest BCUT2D eigenvalue weighted by atomic mass is 19.1. The maximum absolute atomic E-state index is 14.5. The molecule has 1 amide bonds. The smallest absolute Gasteiger partial charge is 0.253 e. The highest BCUT2D eigenvalue weighted by Crippen LogP contribution is 2.26. The summed E-state index contributed by atoms with van der Waals surface area (Å²) in [5.74, 6) is -1.35. The maximum atomic E-state index is 14.5. The van der Waals surface area contributed by atoms with Crippen molar-refractivity contribution in [3.8, 4) is 0 Å². The number of rotatable bonds is 4. The van der Waals surface area contributed by atoms with E-state index in [0.717, 1.165) is 5.56 Å². The molecule has 1 aliphatic rings. The van der Waals surface area contributed by atoms with Gasteiger partial charge in [-0.1, -0.05) is 18.2 Å². The van der Waals surface area contributed by atoms with Gasteiger partial charge in [-0.15, -0.1) is 0 Å². The molecule has 0 bridgehead atoms. The number of amides is 1. The average Bonchev–Trinajstić information content (AvgIpc) is 3.05. The van der Waals surface area contributed by atoms with Gasteiger partial charge in [0.15, 0.2) is 0 Å². The second kappa shape index (κ2) is 7.67. The zero-order valence-electron chi connectivity index (χ0n) is 15.1. The van der Waals surface area contributed by atoms with Crippen LogP contribution in [0.5, 0.6) is 0 Å². The van der Waals surface area contributed by atoms with Crippen molar-refractivity contribution in [3.05, 3.63) is 71.4 Å². The number of carbonyl (C=O) groups excluding carboxylic acids is 1. The van der Waals surface area contributed by atoms with Crippen molar-refractivity contribution in [1.29, 1.82) is 0 Å². The van der Waals surface area contributed by atoms with Crippen LogP contribution in [0.15, 0.2) is 48.7 Å². The van der Waals surface area contributed by atoms with Crippen molar-refractivity contribution >= 4 is 16.8 Å². The van der Waals surface area contributed by atoms with E-state index in [9.17, 15) is 18.0 Å². The van der Waals surface area contributed by atoms with Crippen LogP contribution in [-0.2, 0) is 6.54 Å². The lowest BCUT2D eigenvalue weighted by Crippen LogP contribution is -2.50. The van der Waals surface area contributed by atoms with Gasteiger partial charge >= 0.3 is 0 Å². The van der Waals surface area contributed by atoms with E-state index >= 15 is 0 Å². The molecular weight excluding hydrogens is 367 g/mol. The van der Waals surface area contributed by atoms with Gasteiger partial charge in [0.05, 0.1) is 17.1 Å². The molecule has 7 heteroatoms. The Bertz CT molecular complexity index is 1000. The molecule has 2 atom stereocenters. The lowest BCUT2D eigenvalue weighted by molar-refractivity contribution is 0.0893. The Kier molecular flexibility index (Phi) is 5.09. The van der Waals surface area contributed by atoms with E-state index in [1.807, 2.05) is 0 Å². The zero-order valence-corrected chi connectivity index (χ0v) is 15.1. The van der Waals surface area contributed by atoms with Crippen LogP contribution in [0, 0.1) is 11.6 Å². The number of hydrogen-bond donors (Lipinski definition) is 2. The van der Waals surface area contributed by atoms with Crippen LogP contribution in [0.3, 0.4) is 0 Å². The van der Waals surface area contributed by atoms with Crippen LogP contribution in [-0.4, -0.2) is 35.8 Å². The lowest BCUT2D eigenvalue weighted by atomic mass is 10.0. The van der Waals surface area contributed by atoms with Gasteiger partial charge in [0.25, 0.3) is 5.91 Å². The molecular formula is C21H20F3N3O. The van der Waals surface area contributed by atoms with E-state index in [1.165, 1.54) is 18.2 Å². The molecule has 2 aromatic carbocycles. The summed E-state index contributed by atoms with van der Waals surface area (Å²) in [5.41, 5.74) is 1.54. The molecule has 3 aromatic rings. The van der Waals surface area contributed by atoms with Gasteiger partial charge < -0.3 is 15.2 Å². The lowest BCUT2D eigenvalue weighted by Gasteiger charge is -2.27. The fourth-order valence-corrected chi connectivity index (χ4v) is 3.63. The Labute approximate surface area is 160 Å². The number of nitrogens with one attached hydrogen (secondary N) is 2. The van der Waals surface area contributed by atoms with Crippen LogP contribution < -0.4 is 10.6 Å². The summed E-state index contributed by atoms with van der Waals surface area (Å²) in [6.07, 6.45) is 0.861. The van der Waals surface area contributed by atoms with Crippen LogP contribution in [0.2, 0.25) is 0 Å². The molecule has 2 heterocycles. The number of hydrogen-bond acceptors (Lipinski definition) is 2. The van der Waals surface area contributed by atoms with Gasteiger partial charge in [0.1, 0.15) is 17.8 Å². The third kappa shape index (κ3) is 3.62. The number of halogens is 3. The van der Waals surface area contributed by atoms with Crippen LogP contribution in [0.25, 0.3) is 10.9 Å². The van der Waals surface area contributed by atoms with Crippen molar-refractivity contribution in [2.75, 3.05) is 13.1 Å². The SMILES string of the molecule is O=C(N[C@H]1CCNC[C@H]1F)c1cn(Cc2ccc(F)cc2)c2cccc(F)c12. The van der Waals surface area contributed by atoms with E-state index in [1.54, 1.807) is 35.0 Å². The number of piperidine rings is 1. The topological polar surface area (TPSA) is 46.1 Å². The van der Waals surface area contributed by atoms with E-state index in [0.29, 0.717) is 25.0 Å². The number of carbonyl (C=O) groups is 1. The van der Waals surface area contributed by atoms with Gasteiger partial charge in [0, 0.05) is 24.7 Å². The highest BCUT2D eigenvalue weighted by Gasteiger charge is 2.28. The summed E-state index contributed by atoms with van der Waals surface area (Å²) >= 11 is 0. The van der Waals surface area contributed by atoms with Crippen molar-refractivity contribution in [2.24, 2.45) is 0 Å². The van der Waals surface area contributed by atoms with E-state index in [4.69, 9.17) is 0 Å². The largest absolute Gasteiger partial charge is 0.346 e. The molecule has 0 radical (unpaired) electrons. The molecule has 0 saturated carbocycles. The second-order valence-corrected chi connectivity index (χ2v) is 7.02. The zero-order chi connectivity index (χ0) is 19.7. The number of nitrogens with zero attached hydrogens (tertiary/aromatic N) is 1. The minimum Gasteiger partial charge on any atom is -0.346 e. The third-order valence-electron chi connectivity index (χ3n) is 5.09. The average molecular weight is 387 g/mol. The maximum Gasteiger partial charge on any atom is 0.253 e. The minimum atomic E-state index is -1.19. The standard InChI is InChI=1S/C21H20F3N3O/c22-14-6-4-13(5-7-14)11-27-12-15(20-16(23)2-1-3-19(20)27)21(28)26-18-8-9-25-10-17(18)24/h1-7,12,17-18,25H,8-11H2,(H,26,28)/t17-,18+/m1/s1. The van der Waals surface area contributed by atoms with E-state index in [2.05, 4.69) is 10.6 Å². The second-order valence-electron chi connectivity index (χ2n) is 7.02. The fraction of sp³-hybridized carbons (Fsp3) is 0.286. The van der Waals surface area contributed by atoms with E-state index < -0.39 is 23.9 Å². The predicted octanol–water partition coefficient (Wildman–Crippen LogP) is 3.40. The molecule has 1 fully saturated rings. The summed E-state index contributed by atoms with van der Waals surface area (Å²) < 4.78 is 43.5. The number of aromatic nitrogens is 1. The first-order valence-electron chi connectivity index (χ1n) is 9.20. The summed E-state index contributed by atoms with van der Waals surface area (Å²) in [4.78, 5) is 12.8. The molecule has 4 nitrogen and oxygen atoms in total. The van der Waals surface area contributed by atoms with E-state index in [-0.39, 0.29) is 23.3 Å². The first-order valence-corrected chi connectivity index (χ1v) is 9.20. The van der Waals surface area contributed by atoms with Gasteiger partial charge in [-0.25, -0.2) is 13.2 Å². The molecule has 0 unspecified atom stereocenters. The first-order chi connectivity index (χ1) is 13.5. The highest BCUT2D eigenvalue weighted by molar-refractivity contribution is 6.07. The predicted molar refractivity (Wildman–Crippen MR) is 101 cm³/mol. The normalized spacial score (nSPS) is 19.7. The molecule has 2 N–H and O–H groups in total. The molecule has 0 spiro atoms. The number of alkyl halides is 1. The Morgan fingerprint density at radius 1 is 1.18 bits per heavy atom. The van der Waals surface area contributed by atoms with Crippen molar-refractivity contribution in [3.63, 3.8) is 0 Å². The summed E-state index contributed by atoms with van der Waals surface area (Å²) in [7, 11) is 0. The molecule has 1 aliphatic heterocycles. The summed E-state index contributed by atoms with van der Waals surface area (Å²) in [5, 5.41) is 5.84. The Morgan fingerprint density at radius 3 is 2.71 bits per heavy atom. The van der Waals surface area contributed by atoms with Crippen LogP contribution >= 0.6 is 0 Å². The van der Waals surface area contributed by atoms with Crippen molar-refractivity contribution < 1.29 is 18.0 Å². The molecule has 0 aliphatic carbocycles. The van der Waals surface area contributed by atoms with Crippen molar-refractivity contribution in [2.45, 2.75) is 25.2 Å². The Morgan fingerprint density at radius 2 is 1.96 bits per heavy atom. The summed E-state index contributed by atoms with van der Waals surface area (Å²) in [6, 6.07) is 9.99. The van der Waals surface area contributed by atoms with Crippen LogP contribution in [0.4, 0.5) is 13.2 Å². The van der Waals surface area contributed by atoms with Crippen molar-refractivity contribution in [1.82, 2.24) is 15.2 Å². The van der Waals surface area contributed by atoms with Gasteiger partial charge in [-0.05, 0) is 42.8 Å². The minimum absolute atomic E-state index is 0.168. The fourth-order valence-electron chi connectivity index (χ4n) is 3.63. The number of benzene rings is 2. The Balaban J connectivity index is 1.68. The van der Waals surface area contributed by atoms with Gasteiger partial charge in [0.2, 0.25) is 0 Å². The Hall–Kier alpha value is -2.80. The van der Waals surface area contributed by atoms with Gasteiger partial charge in [-0.3, -0.25) is 4.79 Å². The monoisotopic (exact) mass is 387 g/mol. The third-order valence-corrected chi connectivity index (χ3v) is 5.09. The molecule has 4 rings (SSSR count). The molecule has 28 heavy (non-hydrogen) atoms. The summed E-state index contributed by atoms with van der Waals surface area (Å²) in [6.45, 7) is 1.16. The molecule has 1 aromatic heterocycles. The molecule has 146 valence electrons. The van der Waals surface area contributed by atoms with Gasteiger partial charge in [-0.2, -0.15) is 0 Å². The quantitative estimate of drug-likeness (QED) is 0.721.